The molecule has 8 heteroatoms. The van der Waals surface area contributed by atoms with E-state index in [1.807, 2.05) is 0 Å². The number of carbonyl (C=O) groups is 2. The van der Waals surface area contributed by atoms with Crippen molar-refractivity contribution in [3.63, 3.8) is 0 Å². The SMILES string of the molecule is O=C(Oc1ccc(NC(=O)c2ccccc2Cl)cc1)c1ccc(-n2cncn2)cc1. The van der Waals surface area contributed by atoms with Gasteiger partial charge in [0.2, 0.25) is 0 Å². The van der Waals surface area contributed by atoms with Crippen molar-refractivity contribution in [3.8, 4) is 11.4 Å². The zero-order valence-corrected chi connectivity index (χ0v) is 16.3. The Morgan fingerprint density at radius 3 is 2.33 bits per heavy atom. The summed E-state index contributed by atoms with van der Waals surface area (Å²) in [5.41, 5.74) is 2.11. The fourth-order valence-electron chi connectivity index (χ4n) is 2.71. The Kier molecular flexibility index (Phi) is 5.54. The van der Waals surface area contributed by atoms with Crippen molar-refractivity contribution < 1.29 is 14.3 Å². The Labute approximate surface area is 176 Å². The molecule has 0 aliphatic rings. The van der Waals surface area contributed by atoms with Gasteiger partial charge in [-0.05, 0) is 60.7 Å². The number of hydrogen-bond donors (Lipinski definition) is 1. The number of halogens is 1. The molecule has 0 aliphatic heterocycles. The summed E-state index contributed by atoms with van der Waals surface area (Å²) < 4.78 is 6.98. The highest BCUT2D eigenvalue weighted by atomic mass is 35.5. The van der Waals surface area contributed by atoms with E-state index in [0.717, 1.165) is 5.69 Å². The summed E-state index contributed by atoms with van der Waals surface area (Å²) in [5.74, 6) is -0.457. The first-order chi connectivity index (χ1) is 14.6. The number of nitrogens with zero attached hydrogens (tertiary/aromatic N) is 3. The molecule has 0 fully saturated rings. The van der Waals surface area contributed by atoms with Crippen LogP contribution < -0.4 is 10.1 Å². The molecular weight excluding hydrogens is 404 g/mol. The van der Waals surface area contributed by atoms with Gasteiger partial charge in [0.1, 0.15) is 18.4 Å². The minimum Gasteiger partial charge on any atom is -0.423 e. The maximum Gasteiger partial charge on any atom is 0.343 e. The summed E-state index contributed by atoms with van der Waals surface area (Å²) in [7, 11) is 0. The Balaban J connectivity index is 1.39. The maximum absolute atomic E-state index is 12.4. The lowest BCUT2D eigenvalue weighted by Crippen LogP contribution is -2.12. The average Bonchev–Trinajstić information content (AvgIpc) is 3.30. The number of ether oxygens (including phenoxy) is 1. The number of hydrogen-bond acceptors (Lipinski definition) is 5. The van der Waals surface area contributed by atoms with Crippen LogP contribution in [0.2, 0.25) is 5.02 Å². The first-order valence-corrected chi connectivity index (χ1v) is 9.31. The predicted octanol–water partition coefficient (Wildman–Crippen LogP) is 4.39. The van der Waals surface area contributed by atoms with Gasteiger partial charge in [-0.3, -0.25) is 4.79 Å². The van der Waals surface area contributed by atoms with E-state index in [-0.39, 0.29) is 5.91 Å². The van der Waals surface area contributed by atoms with Crippen molar-refractivity contribution in [1.29, 1.82) is 0 Å². The molecule has 0 bridgehead atoms. The van der Waals surface area contributed by atoms with Crippen molar-refractivity contribution in [2.75, 3.05) is 5.32 Å². The first-order valence-electron chi connectivity index (χ1n) is 8.93. The molecule has 1 aromatic heterocycles. The molecule has 30 heavy (non-hydrogen) atoms. The third-order valence-electron chi connectivity index (χ3n) is 4.23. The number of carbonyl (C=O) groups excluding carboxylic acids is 2. The van der Waals surface area contributed by atoms with Crippen molar-refractivity contribution in [1.82, 2.24) is 14.8 Å². The topological polar surface area (TPSA) is 86.1 Å². The maximum atomic E-state index is 12.4. The van der Waals surface area contributed by atoms with Crippen LogP contribution in [0.5, 0.6) is 5.75 Å². The van der Waals surface area contributed by atoms with Gasteiger partial charge in [-0.25, -0.2) is 14.5 Å². The van der Waals surface area contributed by atoms with Crippen LogP contribution in [0.1, 0.15) is 20.7 Å². The van der Waals surface area contributed by atoms with E-state index in [0.29, 0.717) is 27.6 Å². The summed E-state index contributed by atoms with van der Waals surface area (Å²) >= 11 is 6.04. The van der Waals surface area contributed by atoms with E-state index < -0.39 is 5.97 Å². The van der Waals surface area contributed by atoms with Gasteiger partial charge in [0.05, 0.1) is 21.8 Å². The first kappa shape index (κ1) is 19.4. The third kappa shape index (κ3) is 4.37. The third-order valence-corrected chi connectivity index (χ3v) is 4.56. The number of benzene rings is 3. The van der Waals surface area contributed by atoms with E-state index in [9.17, 15) is 9.59 Å². The normalized spacial score (nSPS) is 10.4. The molecule has 1 heterocycles. The van der Waals surface area contributed by atoms with Crippen molar-refractivity contribution in [3.05, 3.63) is 102 Å². The minimum absolute atomic E-state index is 0.321. The quantitative estimate of drug-likeness (QED) is 0.383. The lowest BCUT2D eigenvalue weighted by Gasteiger charge is -2.08. The van der Waals surface area contributed by atoms with Gasteiger partial charge >= 0.3 is 5.97 Å². The molecule has 0 atom stereocenters. The Bertz CT molecular complexity index is 1170. The molecule has 0 radical (unpaired) electrons. The van der Waals surface area contributed by atoms with Crippen LogP contribution in [-0.2, 0) is 0 Å². The Morgan fingerprint density at radius 2 is 1.67 bits per heavy atom. The highest BCUT2D eigenvalue weighted by Gasteiger charge is 2.11. The van der Waals surface area contributed by atoms with Crippen LogP contribution in [-0.4, -0.2) is 26.6 Å². The lowest BCUT2D eigenvalue weighted by atomic mass is 10.2. The number of rotatable bonds is 5. The van der Waals surface area contributed by atoms with Crippen LogP contribution in [0.3, 0.4) is 0 Å². The number of nitrogens with one attached hydrogen (secondary N) is 1. The zero-order chi connectivity index (χ0) is 20.9. The second-order valence-electron chi connectivity index (χ2n) is 6.23. The number of esters is 1. The Morgan fingerprint density at radius 1 is 0.933 bits per heavy atom. The highest BCUT2D eigenvalue weighted by Crippen LogP contribution is 2.20. The number of anilines is 1. The molecular formula is C22H15ClN4O3. The fraction of sp³-hybridized carbons (Fsp3) is 0. The summed E-state index contributed by atoms with van der Waals surface area (Å²) in [6.07, 6.45) is 3.00. The molecule has 0 spiro atoms. The summed E-state index contributed by atoms with van der Waals surface area (Å²) in [5, 5.41) is 7.16. The molecule has 3 aromatic carbocycles. The van der Waals surface area contributed by atoms with E-state index in [1.165, 1.54) is 6.33 Å². The van der Waals surface area contributed by atoms with E-state index in [2.05, 4.69) is 15.4 Å². The van der Waals surface area contributed by atoms with Crippen LogP contribution in [0, 0.1) is 0 Å². The summed E-state index contributed by atoms with van der Waals surface area (Å²) in [6, 6.07) is 20.1. The van der Waals surface area contributed by atoms with E-state index >= 15 is 0 Å². The molecule has 7 nitrogen and oxygen atoms in total. The van der Waals surface area contributed by atoms with E-state index in [1.54, 1.807) is 83.8 Å². The molecule has 4 rings (SSSR count). The molecule has 148 valence electrons. The van der Waals surface area contributed by atoms with Gasteiger partial charge in [0.15, 0.2) is 0 Å². The second kappa shape index (κ2) is 8.59. The minimum atomic E-state index is -0.493. The number of aromatic nitrogens is 3. The highest BCUT2D eigenvalue weighted by molar-refractivity contribution is 6.34. The molecule has 4 aromatic rings. The van der Waals surface area contributed by atoms with E-state index in [4.69, 9.17) is 16.3 Å². The van der Waals surface area contributed by atoms with Crippen molar-refractivity contribution in [2.45, 2.75) is 0 Å². The van der Waals surface area contributed by atoms with Crippen molar-refractivity contribution in [2.24, 2.45) is 0 Å². The Hall–Kier alpha value is -3.97. The van der Waals surface area contributed by atoms with Crippen LogP contribution >= 0.6 is 11.6 Å². The van der Waals surface area contributed by atoms with Gasteiger partial charge in [-0.2, -0.15) is 5.10 Å². The largest absolute Gasteiger partial charge is 0.423 e. The van der Waals surface area contributed by atoms with Gasteiger partial charge < -0.3 is 10.1 Å². The lowest BCUT2D eigenvalue weighted by molar-refractivity contribution is 0.0734. The molecule has 1 amide bonds. The van der Waals surface area contributed by atoms with Crippen LogP contribution in [0.15, 0.2) is 85.5 Å². The van der Waals surface area contributed by atoms with Crippen LogP contribution in [0.4, 0.5) is 5.69 Å². The molecule has 0 unspecified atom stereocenters. The summed E-state index contributed by atoms with van der Waals surface area (Å²) in [4.78, 5) is 28.5. The predicted molar refractivity (Wildman–Crippen MR) is 112 cm³/mol. The zero-order valence-electron chi connectivity index (χ0n) is 15.5. The molecule has 0 saturated heterocycles. The smallest absolute Gasteiger partial charge is 0.343 e. The molecule has 1 N–H and O–H groups in total. The average molecular weight is 419 g/mol. The summed E-state index contributed by atoms with van der Waals surface area (Å²) in [6.45, 7) is 0. The van der Waals surface area contributed by atoms with Gasteiger partial charge in [-0.15, -0.1) is 0 Å². The monoisotopic (exact) mass is 418 g/mol. The standard InChI is InChI=1S/C22H15ClN4O3/c23-20-4-2-1-3-19(20)21(28)26-16-7-11-18(12-8-16)30-22(29)15-5-9-17(10-6-15)27-14-24-13-25-27/h1-14H,(H,26,28). The second-order valence-corrected chi connectivity index (χ2v) is 6.64. The van der Waals surface area contributed by atoms with Crippen molar-refractivity contribution >= 4 is 29.2 Å². The fourth-order valence-corrected chi connectivity index (χ4v) is 2.93. The molecule has 0 saturated carbocycles. The van der Waals surface area contributed by atoms with Gasteiger partial charge in [-0.1, -0.05) is 23.7 Å². The van der Waals surface area contributed by atoms with Gasteiger partial charge in [0.25, 0.3) is 5.91 Å². The van der Waals surface area contributed by atoms with Crippen LogP contribution in [0.25, 0.3) is 5.69 Å². The molecule has 0 aliphatic carbocycles. The van der Waals surface area contributed by atoms with Gasteiger partial charge in [0, 0.05) is 5.69 Å². The number of amides is 1.